The summed E-state index contributed by atoms with van der Waals surface area (Å²) in [6.45, 7) is 1.87. The summed E-state index contributed by atoms with van der Waals surface area (Å²) in [5.41, 5.74) is 4.05. The standard InChI is InChI=1S/C19H20N2O5S/c1-13-3-8-16(9-4-13)27(23,24)26-17-10-5-14(11-18(17)25-2)12-20-21-19(22)15-6-7-15/h3-5,8-12,15H,6-7H2,1-2H3,(H,21,22)/b20-12-. The second-order valence-electron chi connectivity index (χ2n) is 6.27. The van der Waals surface area contributed by atoms with Crippen LogP contribution in [0.5, 0.6) is 11.5 Å². The van der Waals surface area contributed by atoms with Crippen molar-refractivity contribution in [3.05, 3.63) is 53.6 Å². The van der Waals surface area contributed by atoms with Gasteiger partial charge in [-0.1, -0.05) is 17.7 Å². The summed E-state index contributed by atoms with van der Waals surface area (Å²) in [7, 11) is -2.56. The van der Waals surface area contributed by atoms with Crippen molar-refractivity contribution in [2.75, 3.05) is 7.11 Å². The number of nitrogens with zero attached hydrogens (tertiary/aromatic N) is 1. The van der Waals surface area contributed by atoms with Crippen LogP contribution in [-0.2, 0) is 14.9 Å². The largest absolute Gasteiger partial charge is 0.493 e. The number of aryl methyl sites for hydroxylation is 1. The third-order valence-corrected chi connectivity index (χ3v) is 5.28. The molecule has 0 atom stereocenters. The number of nitrogens with one attached hydrogen (secondary N) is 1. The van der Waals surface area contributed by atoms with Crippen molar-refractivity contribution in [3.8, 4) is 11.5 Å². The second-order valence-corrected chi connectivity index (χ2v) is 7.82. The number of hydrogen-bond donors (Lipinski definition) is 1. The molecule has 1 aliphatic carbocycles. The summed E-state index contributed by atoms with van der Waals surface area (Å²) in [6.07, 6.45) is 3.26. The first-order valence-electron chi connectivity index (χ1n) is 8.41. The van der Waals surface area contributed by atoms with Gasteiger partial charge in [-0.3, -0.25) is 4.79 Å². The molecule has 1 aliphatic rings. The Morgan fingerprint density at radius 2 is 1.85 bits per heavy atom. The van der Waals surface area contributed by atoms with Crippen molar-refractivity contribution in [2.45, 2.75) is 24.7 Å². The van der Waals surface area contributed by atoms with Crippen LogP contribution in [0.3, 0.4) is 0 Å². The Bertz CT molecular complexity index is 964. The maximum absolute atomic E-state index is 12.4. The van der Waals surface area contributed by atoms with Gasteiger partial charge in [0.05, 0.1) is 13.3 Å². The molecule has 3 rings (SSSR count). The molecular formula is C19H20N2O5S. The predicted molar refractivity (Wildman–Crippen MR) is 100 cm³/mol. The van der Waals surface area contributed by atoms with E-state index in [0.717, 1.165) is 18.4 Å². The lowest BCUT2D eigenvalue weighted by Gasteiger charge is -2.11. The predicted octanol–water partition coefficient (Wildman–Crippen LogP) is 2.63. The van der Waals surface area contributed by atoms with E-state index in [2.05, 4.69) is 10.5 Å². The number of methoxy groups -OCH3 is 1. The molecule has 0 saturated heterocycles. The van der Waals surface area contributed by atoms with Gasteiger partial charge < -0.3 is 8.92 Å². The highest BCUT2D eigenvalue weighted by Crippen LogP contribution is 2.31. The molecule has 0 radical (unpaired) electrons. The van der Waals surface area contributed by atoms with Crippen LogP contribution >= 0.6 is 0 Å². The SMILES string of the molecule is COc1cc(/C=N\NC(=O)C2CC2)ccc1OS(=O)(=O)c1ccc(C)cc1. The lowest BCUT2D eigenvalue weighted by Crippen LogP contribution is -2.18. The Morgan fingerprint density at radius 3 is 2.48 bits per heavy atom. The third-order valence-electron chi connectivity index (χ3n) is 4.03. The summed E-state index contributed by atoms with van der Waals surface area (Å²) in [4.78, 5) is 11.6. The third kappa shape index (κ3) is 4.85. The van der Waals surface area contributed by atoms with Crippen molar-refractivity contribution in [2.24, 2.45) is 11.0 Å². The molecule has 0 aliphatic heterocycles. The van der Waals surface area contributed by atoms with Gasteiger partial charge in [-0.25, -0.2) is 5.43 Å². The fourth-order valence-electron chi connectivity index (χ4n) is 2.31. The molecule has 2 aromatic carbocycles. The number of hydrazone groups is 1. The molecule has 0 aromatic heterocycles. The molecule has 0 unspecified atom stereocenters. The Hall–Kier alpha value is -2.87. The number of amides is 1. The number of rotatable bonds is 7. The van der Waals surface area contributed by atoms with Crippen LogP contribution in [0.1, 0.15) is 24.0 Å². The number of benzene rings is 2. The minimum atomic E-state index is -3.98. The van der Waals surface area contributed by atoms with E-state index >= 15 is 0 Å². The van der Waals surface area contributed by atoms with Gasteiger partial charge >= 0.3 is 10.1 Å². The number of carbonyl (C=O) groups is 1. The first-order chi connectivity index (χ1) is 12.9. The minimum absolute atomic E-state index is 0.0589. The van der Waals surface area contributed by atoms with E-state index in [1.54, 1.807) is 24.3 Å². The first kappa shape index (κ1) is 18.9. The molecule has 2 aromatic rings. The van der Waals surface area contributed by atoms with E-state index in [9.17, 15) is 13.2 Å². The maximum Gasteiger partial charge on any atom is 0.339 e. The van der Waals surface area contributed by atoms with Crippen LogP contribution < -0.4 is 14.3 Å². The van der Waals surface area contributed by atoms with Crippen molar-refractivity contribution in [1.29, 1.82) is 0 Å². The molecule has 1 fully saturated rings. The van der Waals surface area contributed by atoms with Crippen LogP contribution in [0.25, 0.3) is 0 Å². The molecule has 142 valence electrons. The topological polar surface area (TPSA) is 94.1 Å². The summed E-state index contributed by atoms with van der Waals surface area (Å²) >= 11 is 0. The van der Waals surface area contributed by atoms with Gasteiger partial charge in [0.1, 0.15) is 4.90 Å². The smallest absolute Gasteiger partial charge is 0.339 e. The fourth-order valence-corrected chi connectivity index (χ4v) is 3.25. The van der Waals surface area contributed by atoms with E-state index in [-0.39, 0.29) is 28.2 Å². The van der Waals surface area contributed by atoms with E-state index in [4.69, 9.17) is 8.92 Å². The van der Waals surface area contributed by atoms with Gasteiger partial charge in [0, 0.05) is 5.92 Å². The molecule has 27 heavy (non-hydrogen) atoms. The minimum Gasteiger partial charge on any atom is -0.493 e. The Morgan fingerprint density at radius 1 is 1.15 bits per heavy atom. The molecule has 0 spiro atoms. The van der Waals surface area contributed by atoms with Crippen molar-refractivity contribution < 1.29 is 22.1 Å². The van der Waals surface area contributed by atoms with Crippen molar-refractivity contribution >= 4 is 22.2 Å². The van der Waals surface area contributed by atoms with Gasteiger partial charge in [-0.15, -0.1) is 0 Å². The highest BCUT2D eigenvalue weighted by molar-refractivity contribution is 7.87. The van der Waals surface area contributed by atoms with E-state index in [1.165, 1.54) is 31.5 Å². The molecular weight excluding hydrogens is 368 g/mol. The Labute approximate surface area is 158 Å². The van der Waals surface area contributed by atoms with Gasteiger partial charge in [-0.2, -0.15) is 13.5 Å². The molecule has 0 heterocycles. The lowest BCUT2D eigenvalue weighted by atomic mass is 10.2. The van der Waals surface area contributed by atoms with Gasteiger partial charge in [0.2, 0.25) is 5.91 Å². The zero-order chi connectivity index (χ0) is 19.4. The van der Waals surface area contributed by atoms with Gasteiger partial charge in [0.15, 0.2) is 11.5 Å². The average molecular weight is 388 g/mol. The monoisotopic (exact) mass is 388 g/mol. The zero-order valence-corrected chi connectivity index (χ0v) is 15.8. The molecule has 8 heteroatoms. The highest BCUT2D eigenvalue weighted by Gasteiger charge is 2.29. The maximum atomic E-state index is 12.4. The molecule has 1 N–H and O–H groups in total. The summed E-state index contributed by atoms with van der Waals surface area (Å²) < 4.78 is 35.3. The van der Waals surface area contributed by atoms with E-state index in [1.807, 2.05) is 6.92 Å². The van der Waals surface area contributed by atoms with Crippen LogP contribution in [0, 0.1) is 12.8 Å². The van der Waals surface area contributed by atoms with E-state index < -0.39 is 10.1 Å². The van der Waals surface area contributed by atoms with Crippen LogP contribution in [0.4, 0.5) is 0 Å². The molecule has 1 saturated carbocycles. The summed E-state index contributed by atoms with van der Waals surface area (Å²) in [5.74, 6) is 0.280. The van der Waals surface area contributed by atoms with Gasteiger partial charge in [-0.05, 0) is 55.7 Å². The molecule has 7 nitrogen and oxygen atoms in total. The van der Waals surface area contributed by atoms with Crippen molar-refractivity contribution in [3.63, 3.8) is 0 Å². The highest BCUT2D eigenvalue weighted by atomic mass is 32.2. The number of ether oxygens (including phenoxy) is 1. The van der Waals surface area contributed by atoms with Crippen LogP contribution in [0.2, 0.25) is 0 Å². The molecule has 0 bridgehead atoms. The Balaban J connectivity index is 1.74. The van der Waals surface area contributed by atoms with Crippen molar-refractivity contribution in [1.82, 2.24) is 5.43 Å². The number of hydrogen-bond acceptors (Lipinski definition) is 6. The van der Waals surface area contributed by atoms with Gasteiger partial charge in [0.25, 0.3) is 0 Å². The average Bonchev–Trinajstić information content (AvgIpc) is 3.48. The quantitative estimate of drug-likeness (QED) is 0.447. The number of carbonyl (C=O) groups excluding carboxylic acids is 1. The zero-order valence-electron chi connectivity index (χ0n) is 15.0. The first-order valence-corrected chi connectivity index (χ1v) is 9.82. The van der Waals surface area contributed by atoms with Crippen LogP contribution in [0.15, 0.2) is 52.5 Å². The normalized spacial score (nSPS) is 14.1. The van der Waals surface area contributed by atoms with Crippen LogP contribution in [-0.4, -0.2) is 27.6 Å². The second kappa shape index (κ2) is 7.79. The Kier molecular flexibility index (Phi) is 5.46. The summed E-state index contributed by atoms with van der Waals surface area (Å²) in [5, 5.41) is 3.90. The lowest BCUT2D eigenvalue weighted by molar-refractivity contribution is -0.122. The molecule has 1 amide bonds. The summed E-state index contributed by atoms with van der Waals surface area (Å²) in [6, 6.07) is 11.0. The fraction of sp³-hybridized carbons (Fsp3) is 0.263. The van der Waals surface area contributed by atoms with E-state index in [0.29, 0.717) is 5.56 Å².